The molecule has 3 rings (SSSR count). The quantitative estimate of drug-likeness (QED) is 0.829. The number of halogens is 1. The van der Waals surface area contributed by atoms with Gasteiger partial charge in [0, 0.05) is 28.3 Å². The summed E-state index contributed by atoms with van der Waals surface area (Å²) in [5.41, 5.74) is 3.80. The molecule has 1 N–H and O–H groups in total. The summed E-state index contributed by atoms with van der Waals surface area (Å²) in [6.45, 7) is 0.991. The number of hydrogen-bond donors (Lipinski definition) is 1. The van der Waals surface area contributed by atoms with E-state index in [4.69, 9.17) is 11.6 Å². The highest BCUT2D eigenvalue weighted by molar-refractivity contribution is 8.00. The Morgan fingerprint density at radius 1 is 1.16 bits per heavy atom. The molecule has 0 bridgehead atoms. The van der Waals surface area contributed by atoms with Crippen molar-refractivity contribution in [3.8, 4) is 0 Å². The summed E-state index contributed by atoms with van der Waals surface area (Å²) in [7, 11) is 0. The lowest BCUT2D eigenvalue weighted by Crippen LogP contribution is -2.15. The highest BCUT2D eigenvalue weighted by atomic mass is 35.5. The van der Waals surface area contributed by atoms with Crippen molar-refractivity contribution in [3.05, 3.63) is 59.7 Å². The van der Waals surface area contributed by atoms with Crippen LogP contribution in [0, 0.1) is 0 Å². The summed E-state index contributed by atoms with van der Waals surface area (Å²) >= 11 is 7.83. The van der Waals surface area contributed by atoms with Crippen LogP contribution in [0.5, 0.6) is 0 Å². The third-order valence-corrected chi connectivity index (χ3v) is 4.96. The van der Waals surface area contributed by atoms with E-state index in [2.05, 4.69) is 53.8 Å². The SMILES string of the molecule is ClCc1cccc(NCC2Cc3ccccc3S2)c1. The number of thioether (sulfide) groups is 1. The zero-order valence-electron chi connectivity index (χ0n) is 10.6. The number of anilines is 1. The predicted octanol–water partition coefficient (Wildman–Crippen LogP) is 4.55. The van der Waals surface area contributed by atoms with Crippen molar-refractivity contribution in [2.75, 3.05) is 11.9 Å². The Bertz CT molecular complexity index is 545. The van der Waals surface area contributed by atoms with E-state index in [-0.39, 0.29) is 0 Å². The first-order valence-electron chi connectivity index (χ1n) is 6.48. The summed E-state index contributed by atoms with van der Waals surface area (Å²) in [5.74, 6) is 0.569. The van der Waals surface area contributed by atoms with Crippen LogP contribution in [0.3, 0.4) is 0 Å². The molecule has 0 saturated heterocycles. The lowest BCUT2D eigenvalue weighted by atomic mass is 10.1. The van der Waals surface area contributed by atoms with Gasteiger partial charge in [0.1, 0.15) is 0 Å². The van der Waals surface area contributed by atoms with Gasteiger partial charge < -0.3 is 5.32 Å². The van der Waals surface area contributed by atoms with Gasteiger partial charge in [-0.2, -0.15) is 0 Å². The Morgan fingerprint density at radius 3 is 2.89 bits per heavy atom. The molecule has 2 aromatic carbocycles. The van der Waals surface area contributed by atoms with Crippen LogP contribution in [0.2, 0.25) is 0 Å². The number of nitrogens with one attached hydrogen (secondary N) is 1. The molecule has 0 saturated carbocycles. The van der Waals surface area contributed by atoms with E-state index in [1.165, 1.54) is 10.5 Å². The van der Waals surface area contributed by atoms with Crippen molar-refractivity contribution in [2.24, 2.45) is 0 Å². The smallest absolute Gasteiger partial charge is 0.0474 e. The predicted molar refractivity (Wildman–Crippen MR) is 84.3 cm³/mol. The van der Waals surface area contributed by atoms with E-state index >= 15 is 0 Å². The molecule has 0 spiro atoms. The molecule has 0 fully saturated rings. The first-order valence-corrected chi connectivity index (χ1v) is 7.90. The molecule has 1 aliphatic heterocycles. The molecule has 1 heterocycles. The molecule has 2 aromatic rings. The van der Waals surface area contributed by atoms with E-state index in [1.54, 1.807) is 0 Å². The van der Waals surface area contributed by atoms with E-state index in [9.17, 15) is 0 Å². The number of alkyl halides is 1. The van der Waals surface area contributed by atoms with Gasteiger partial charge in [-0.3, -0.25) is 0 Å². The highest BCUT2D eigenvalue weighted by Crippen LogP contribution is 2.36. The summed E-state index contributed by atoms with van der Waals surface area (Å²) < 4.78 is 0. The molecule has 0 radical (unpaired) electrons. The fourth-order valence-electron chi connectivity index (χ4n) is 2.36. The number of rotatable bonds is 4. The molecule has 19 heavy (non-hydrogen) atoms. The summed E-state index contributed by atoms with van der Waals surface area (Å²) in [6, 6.07) is 17.0. The second-order valence-corrected chi connectivity index (χ2v) is 6.38. The largest absolute Gasteiger partial charge is 0.384 e. The fourth-order valence-corrected chi connectivity index (χ4v) is 3.78. The van der Waals surface area contributed by atoms with Gasteiger partial charge in [0.2, 0.25) is 0 Å². The molecule has 1 atom stereocenters. The first kappa shape index (κ1) is 12.9. The molecule has 0 aromatic heterocycles. The maximum Gasteiger partial charge on any atom is 0.0474 e. The normalized spacial score (nSPS) is 17.2. The molecule has 1 unspecified atom stereocenters. The van der Waals surface area contributed by atoms with Crippen LogP contribution >= 0.6 is 23.4 Å². The van der Waals surface area contributed by atoms with Crippen molar-refractivity contribution in [2.45, 2.75) is 22.4 Å². The van der Waals surface area contributed by atoms with Crippen molar-refractivity contribution < 1.29 is 0 Å². The zero-order chi connectivity index (χ0) is 13.1. The number of fused-ring (bicyclic) bond motifs is 1. The Hall–Kier alpha value is -1.12. The molecular weight excluding hydrogens is 274 g/mol. The zero-order valence-corrected chi connectivity index (χ0v) is 12.2. The van der Waals surface area contributed by atoms with Gasteiger partial charge in [0.15, 0.2) is 0 Å². The van der Waals surface area contributed by atoms with Crippen molar-refractivity contribution in [3.63, 3.8) is 0 Å². The maximum atomic E-state index is 5.86. The molecule has 3 heteroatoms. The van der Waals surface area contributed by atoms with Gasteiger partial charge in [0.05, 0.1) is 0 Å². The maximum absolute atomic E-state index is 5.86. The van der Waals surface area contributed by atoms with Gasteiger partial charge in [-0.15, -0.1) is 23.4 Å². The fraction of sp³-hybridized carbons (Fsp3) is 0.250. The molecule has 0 amide bonds. The molecule has 1 nitrogen and oxygen atoms in total. The van der Waals surface area contributed by atoms with E-state index in [0.717, 1.165) is 24.2 Å². The van der Waals surface area contributed by atoms with Crippen LogP contribution in [-0.4, -0.2) is 11.8 Å². The minimum Gasteiger partial charge on any atom is -0.384 e. The summed E-state index contributed by atoms with van der Waals surface area (Å²) in [4.78, 5) is 1.43. The molecule has 0 aliphatic carbocycles. The number of hydrogen-bond acceptors (Lipinski definition) is 2. The molecule has 1 aliphatic rings. The third-order valence-electron chi connectivity index (χ3n) is 3.33. The Labute approximate surface area is 123 Å². The summed E-state index contributed by atoms with van der Waals surface area (Å²) in [5, 5.41) is 4.14. The van der Waals surface area contributed by atoms with Crippen molar-refractivity contribution in [1.29, 1.82) is 0 Å². The Morgan fingerprint density at radius 2 is 2.05 bits per heavy atom. The third kappa shape index (κ3) is 3.07. The van der Waals surface area contributed by atoms with E-state index in [0.29, 0.717) is 11.1 Å². The van der Waals surface area contributed by atoms with Gasteiger partial charge in [-0.25, -0.2) is 0 Å². The van der Waals surface area contributed by atoms with Crippen molar-refractivity contribution in [1.82, 2.24) is 0 Å². The summed E-state index contributed by atoms with van der Waals surface area (Å²) in [6.07, 6.45) is 1.16. The van der Waals surface area contributed by atoms with Crippen LogP contribution in [-0.2, 0) is 12.3 Å². The second kappa shape index (κ2) is 5.89. The minimum absolute atomic E-state index is 0.569. The van der Waals surface area contributed by atoms with E-state index < -0.39 is 0 Å². The minimum atomic E-state index is 0.569. The lowest BCUT2D eigenvalue weighted by molar-refractivity contribution is 0.899. The average Bonchev–Trinajstić information content (AvgIpc) is 2.88. The van der Waals surface area contributed by atoms with Crippen LogP contribution in [0.25, 0.3) is 0 Å². The molecular formula is C16H16ClNS. The van der Waals surface area contributed by atoms with Gasteiger partial charge in [-0.1, -0.05) is 30.3 Å². The van der Waals surface area contributed by atoms with Crippen molar-refractivity contribution >= 4 is 29.1 Å². The van der Waals surface area contributed by atoms with E-state index in [1.807, 2.05) is 11.8 Å². The standard InChI is InChI=1S/C16H16ClNS/c17-10-12-4-3-6-14(8-12)18-11-15-9-13-5-1-2-7-16(13)19-15/h1-8,15,18H,9-11H2. The van der Waals surface area contributed by atoms with Crippen LogP contribution in [0.4, 0.5) is 5.69 Å². The van der Waals surface area contributed by atoms with Crippen LogP contribution < -0.4 is 5.32 Å². The second-order valence-electron chi connectivity index (χ2n) is 4.77. The van der Waals surface area contributed by atoms with Gasteiger partial charge >= 0.3 is 0 Å². The van der Waals surface area contributed by atoms with Crippen LogP contribution in [0.15, 0.2) is 53.4 Å². The van der Waals surface area contributed by atoms with Gasteiger partial charge in [0.25, 0.3) is 0 Å². The monoisotopic (exact) mass is 289 g/mol. The Balaban J connectivity index is 1.59. The van der Waals surface area contributed by atoms with Gasteiger partial charge in [-0.05, 0) is 35.7 Å². The first-order chi connectivity index (χ1) is 9.35. The average molecular weight is 290 g/mol. The van der Waals surface area contributed by atoms with Crippen LogP contribution in [0.1, 0.15) is 11.1 Å². The topological polar surface area (TPSA) is 12.0 Å². The highest BCUT2D eigenvalue weighted by Gasteiger charge is 2.21. The lowest BCUT2D eigenvalue weighted by Gasteiger charge is -2.12. The Kier molecular flexibility index (Phi) is 4.00. The number of benzene rings is 2. The molecule has 98 valence electrons.